The second kappa shape index (κ2) is 9.57. The molecule has 0 bridgehead atoms. The number of methoxy groups -OCH3 is 1. The highest BCUT2D eigenvalue weighted by molar-refractivity contribution is 5.89. The lowest BCUT2D eigenvalue weighted by Gasteiger charge is -2.34. The van der Waals surface area contributed by atoms with Gasteiger partial charge in [0.2, 0.25) is 5.91 Å². The summed E-state index contributed by atoms with van der Waals surface area (Å²) in [4.78, 5) is 40.3. The molecule has 1 aromatic carbocycles. The monoisotopic (exact) mass is 387 g/mol. The Morgan fingerprint density at radius 1 is 1.04 bits per heavy atom. The number of hydrogen-bond acceptors (Lipinski definition) is 4. The number of ether oxygens (including phenoxy) is 1. The molecule has 0 aliphatic carbocycles. The number of rotatable bonds is 5. The molecule has 2 fully saturated rings. The lowest BCUT2D eigenvalue weighted by atomic mass is 9.97. The predicted molar refractivity (Wildman–Crippen MR) is 105 cm³/mol. The van der Waals surface area contributed by atoms with Crippen LogP contribution in [-0.2, 0) is 16.0 Å². The van der Waals surface area contributed by atoms with Crippen LogP contribution < -0.4 is 5.32 Å². The quantitative estimate of drug-likeness (QED) is 0.785. The predicted octanol–water partition coefficient (Wildman–Crippen LogP) is 2.06. The van der Waals surface area contributed by atoms with Gasteiger partial charge in [0.15, 0.2) is 0 Å². The third kappa shape index (κ3) is 5.03. The van der Waals surface area contributed by atoms with Gasteiger partial charge in [-0.1, -0.05) is 12.1 Å². The first kappa shape index (κ1) is 20.2. The van der Waals surface area contributed by atoms with E-state index in [0.717, 1.165) is 50.9 Å². The Bertz CT molecular complexity index is 698. The van der Waals surface area contributed by atoms with E-state index in [2.05, 4.69) is 10.1 Å². The molecular weight excluding hydrogens is 358 g/mol. The average Bonchev–Trinajstić information content (AvgIpc) is 3.28. The smallest absolute Gasteiger partial charge is 0.337 e. The summed E-state index contributed by atoms with van der Waals surface area (Å²) in [6.45, 7) is 3.45. The van der Waals surface area contributed by atoms with Crippen LogP contribution in [0.15, 0.2) is 24.3 Å². The molecule has 7 heteroatoms. The number of benzene rings is 1. The fourth-order valence-electron chi connectivity index (χ4n) is 3.87. The number of urea groups is 1. The van der Waals surface area contributed by atoms with Gasteiger partial charge in [0, 0.05) is 32.7 Å². The summed E-state index contributed by atoms with van der Waals surface area (Å²) in [5.41, 5.74) is 1.56. The SMILES string of the molecule is COC(=O)c1ccc(CCNC(=O)[C@H]2CCCN(C(=O)N3CCCC3)C2)cc1. The molecule has 2 aliphatic heterocycles. The number of nitrogens with zero attached hydrogens (tertiary/aromatic N) is 2. The maximum Gasteiger partial charge on any atom is 0.337 e. The van der Waals surface area contributed by atoms with Gasteiger partial charge in [-0.3, -0.25) is 4.79 Å². The molecule has 2 aliphatic rings. The van der Waals surface area contributed by atoms with Gasteiger partial charge < -0.3 is 19.9 Å². The molecule has 0 saturated carbocycles. The molecule has 1 aromatic rings. The number of nitrogens with one attached hydrogen (secondary N) is 1. The van der Waals surface area contributed by atoms with Gasteiger partial charge in [-0.2, -0.15) is 0 Å². The van der Waals surface area contributed by atoms with Crippen LogP contribution in [0.5, 0.6) is 0 Å². The minimum Gasteiger partial charge on any atom is -0.465 e. The Morgan fingerprint density at radius 3 is 2.39 bits per heavy atom. The molecular formula is C21H29N3O4. The van der Waals surface area contributed by atoms with Gasteiger partial charge in [-0.15, -0.1) is 0 Å². The standard InChI is InChI=1S/C21H29N3O4/c1-28-20(26)17-8-6-16(7-9-17)10-11-22-19(25)18-5-4-14-24(15-18)21(27)23-12-2-3-13-23/h6-9,18H,2-5,10-15H2,1H3,(H,22,25)/t18-/m0/s1. The van der Waals surface area contributed by atoms with Gasteiger partial charge in [0.05, 0.1) is 18.6 Å². The Morgan fingerprint density at radius 2 is 1.71 bits per heavy atom. The summed E-state index contributed by atoms with van der Waals surface area (Å²) in [5, 5.41) is 3.00. The zero-order valence-corrected chi connectivity index (χ0v) is 16.5. The summed E-state index contributed by atoms with van der Waals surface area (Å²) in [6, 6.07) is 7.28. The van der Waals surface area contributed by atoms with E-state index in [9.17, 15) is 14.4 Å². The van der Waals surface area contributed by atoms with E-state index >= 15 is 0 Å². The van der Waals surface area contributed by atoms with E-state index in [1.165, 1.54) is 7.11 Å². The number of likely N-dealkylation sites (tertiary alicyclic amines) is 2. The number of carbonyl (C=O) groups is 3. The lowest BCUT2D eigenvalue weighted by molar-refractivity contribution is -0.126. The second-order valence-corrected chi connectivity index (χ2v) is 7.49. The number of esters is 1. The van der Waals surface area contributed by atoms with Gasteiger partial charge in [-0.25, -0.2) is 9.59 Å². The Kier molecular flexibility index (Phi) is 6.90. The minimum absolute atomic E-state index is 0.0186. The number of hydrogen-bond donors (Lipinski definition) is 1. The van der Waals surface area contributed by atoms with E-state index in [0.29, 0.717) is 25.1 Å². The largest absolute Gasteiger partial charge is 0.465 e. The zero-order valence-electron chi connectivity index (χ0n) is 16.5. The van der Waals surface area contributed by atoms with Crippen LogP contribution >= 0.6 is 0 Å². The lowest BCUT2D eigenvalue weighted by Crippen LogP contribution is -2.49. The van der Waals surface area contributed by atoms with Crippen molar-refractivity contribution in [2.45, 2.75) is 32.1 Å². The summed E-state index contributed by atoms with van der Waals surface area (Å²) in [6.07, 6.45) is 4.53. The van der Waals surface area contributed by atoms with Crippen molar-refractivity contribution < 1.29 is 19.1 Å². The second-order valence-electron chi connectivity index (χ2n) is 7.49. The first-order chi connectivity index (χ1) is 13.6. The molecule has 1 atom stereocenters. The van der Waals surface area contributed by atoms with Gasteiger partial charge >= 0.3 is 12.0 Å². The van der Waals surface area contributed by atoms with Gasteiger partial charge in [0.25, 0.3) is 0 Å². The summed E-state index contributed by atoms with van der Waals surface area (Å²) >= 11 is 0. The first-order valence-electron chi connectivity index (χ1n) is 10.1. The molecule has 0 aromatic heterocycles. The molecule has 7 nitrogen and oxygen atoms in total. The third-order valence-electron chi connectivity index (χ3n) is 5.53. The maximum absolute atomic E-state index is 12.6. The van der Waals surface area contributed by atoms with Crippen LogP contribution in [0, 0.1) is 5.92 Å². The molecule has 1 N–H and O–H groups in total. The van der Waals surface area contributed by atoms with Crippen molar-refractivity contribution in [2.75, 3.05) is 39.8 Å². The molecule has 2 saturated heterocycles. The fraction of sp³-hybridized carbons (Fsp3) is 0.571. The molecule has 28 heavy (non-hydrogen) atoms. The van der Waals surface area contributed by atoms with Crippen LogP contribution in [0.1, 0.15) is 41.6 Å². The number of piperidine rings is 1. The molecule has 3 amide bonds. The molecule has 2 heterocycles. The normalized spacial score (nSPS) is 19.4. The van der Waals surface area contributed by atoms with Crippen molar-refractivity contribution in [2.24, 2.45) is 5.92 Å². The topological polar surface area (TPSA) is 79.0 Å². The van der Waals surface area contributed by atoms with Crippen LogP contribution in [0.2, 0.25) is 0 Å². The average molecular weight is 387 g/mol. The molecule has 152 valence electrons. The Hall–Kier alpha value is -2.57. The first-order valence-corrected chi connectivity index (χ1v) is 10.1. The summed E-state index contributed by atoms with van der Waals surface area (Å²) in [7, 11) is 1.36. The van der Waals surface area contributed by atoms with Crippen molar-refractivity contribution in [3.05, 3.63) is 35.4 Å². The van der Waals surface area contributed by atoms with Gasteiger partial charge in [0.1, 0.15) is 0 Å². The minimum atomic E-state index is -0.356. The molecule has 0 radical (unpaired) electrons. The van der Waals surface area contributed by atoms with Crippen LogP contribution in [0.4, 0.5) is 4.79 Å². The number of amides is 3. The van der Waals surface area contributed by atoms with E-state index in [-0.39, 0.29) is 23.8 Å². The van der Waals surface area contributed by atoms with E-state index in [1.54, 1.807) is 12.1 Å². The Balaban J connectivity index is 1.44. The number of carbonyl (C=O) groups excluding carboxylic acids is 3. The van der Waals surface area contributed by atoms with E-state index < -0.39 is 0 Å². The third-order valence-corrected chi connectivity index (χ3v) is 5.53. The highest BCUT2D eigenvalue weighted by Crippen LogP contribution is 2.20. The van der Waals surface area contributed by atoms with Crippen LogP contribution in [-0.4, -0.2) is 67.5 Å². The van der Waals surface area contributed by atoms with E-state index in [1.807, 2.05) is 21.9 Å². The molecule has 0 unspecified atom stereocenters. The Labute approximate surface area is 166 Å². The highest BCUT2D eigenvalue weighted by Gasteiger charge is 2.31. The maximum atomic E-state index is 12.6. The van der Waals surface area contributed by atoms with E-state index in [4.69, 9.17) is 0 Å². The van der Waals surface area contributed by atoms with Crippen LogP contribution in [0.25, 0.3) is 0 Å². The fourth-order valence-corrected chi connectivity index (χ4v) is 3.87. The van der Waals surface area contributed by atoms with Crippen molar-refractivity contribution in [1.82, 2.24) is 15.1 Å². The molecule has 3 rings (SSSR count). The van der Waals surface area contributed by atoms with Crippen molar-refractivity contribution in [3.63, 3.8) is 0 Å². The molecule has 0 spiro atoms. The van der Waals surface area contributed by atoms with Crippen molar-refractivity contribution in [1.29, 1.82) is 0 Å². The van der Waals surface area contributed by atoms with Crippen molar-refractivity contribution in [3.8, 4) is 0 Å². The zero-order chi connectivity index (χ0) is 19.9. The van der Waals surface area contributed by atoms with Crippen LogP contribution in [0.3, 0.4) is 0 Å². The summed E-state index contributed by atoms with van der Waals surface area (Å²) < 4.78 is 4.69. The van der Waals surface area contributed by atoms with Gasteiger partial charge in [-0.05, 0) is 49.8 Å². The highest BCUT2D eigenvalue weighted by atomic mass is 16.5. The van der Waals surface area contributed by atoms with Crippen molar-refractivity contribution >= 4 is 17.9 Å². The summed E-state index contributed by atoms with van der Waals surface area (Å²) in [5.74, 6) is -0.475.